The summed E-state index contributed by atoms with van der Waals surface area (Å²) in [5.41, 5.74) is 3.49. The molecule has 1 amide bonds. The number of benzene rings is 3. The van der Waals surface area contributed by atoms with E-state index in [2.05, 4.69) is 10.2 Å². The van der Waals surface area contributed by atoms with E-state index < -0.39 is 17.7 Å². The number of methoxy groups -OCH3 is 3. The highest BCUT2D eigenvalue weighted by atomic mass is 35.5. The fraction of sp³-hybridized carbons (Fsp3) is 0.226. The Kier molecular flexibility index (Phi) is 8.95. The first-order valence-electron chi connectivity index (χ1n) is 13.1. The van der Waals surface area contributed by atoms with Crippen LogP contribution in [0, 0.1) is 13.8 Å². The van der Waals surface area contributed by atoms with E-state index in [0.29, 0.717) is 43.5 Å². The van der Waals surface area contributed by atoms with Gasteiger partial charge in [0.05, 0.1) is 32.9 Å². The van der Waals surface area contributed by atoms with E-state index in [4.69, 9.17) is 25.8 Å². The van der Waals surface area contributed by atoms with Gasteiger partial charge in [-0.05, 0) is 60.9 Å². The minimum atomic E-state index is -1.06. The predicted molar refractivity (Wildman–Crippen MR) is 168 cm³/mol. The Labute approximate surface area is 262 Å². The van der Waals surface area contributed by atoms with Crippen molar-refractivity contribution in [2.45, 2.75) is 30.0 Å². The number of thioether (sulfide) groups is 1. The van der Waals surface area contributed by atoms with Crippen molar-refractivity contribution in [1.29, 1.82) is 0 Å². The van der Waals surface area contributed by atoms with Crippen molar-refractivity contribution in [3.8, 4) is 17.2 Å². The molecule has 0 aliphatic carbocycles. The van der Waals surface area contributed by atoms with Crippen molar-refractivity contribution in [3.05, 3.63) is 93.0 Å². The lowest BCUT2D eigenvalue weighted by molar-refractivity contribution is -0.132. The number of hydrogen-bond acceptors (Lipinski definition) is 10. The van der Waals surface area contributed by atoms with Crippen LogP contribution in [0.4, 0.5) is 5.13 Å². The molecule has 1 aromatic heterocycles. The van der Waals surface area contributed by atoms with Crippen LogP contribution in [-0.2, 0) is 15.3 Å². The first-order valence-corrected chi connectivity index (χ1v) is 15.2. The molecule has 3 aromatic carbocycles. The number of aliphatic hydroxyl groups excluding tert-OH is 1. The molecule has 222 valence electrons. The van der Waals surface area contributed by atoms with E-state index in [0.717, 1.165) is 16.7 Å². The average molecular weight is 638 g/mol. The van der Waals surface area contributed by atoms with Crippen LogP contribution in [-0.4, -0.2) is 48.3 Å². The Morgan fingerprint density at radius 2 is 1.65 bits per heavy atom. The SMILES string of the molecule is COc1cc(C2C(=C(O)c3cc(C)ccc3C)C(=O)C(=O)N2c2nnc(SCc3ccc(Cl)cc3)s2)cc(OC)c1OC. The van der Waals surface area contributed by atoms with Crippen LogP contribution in [0.25, 0.3) is 5.76 Å². The Morgan fingerprint density at radius 1 is 0.977 bits per heavy atom. The molecule has 0 radical (unpaired) electrons. The molecule has 0 bridgehead atoms. The summed E-state index contributed by atoms with van der Waals surface area (Å²) in [5, 5.41) is 21.1. The largest absolute Gasteiger partial charge is 0.507 e. The van der Waals surface area contributed by atoms with Crippen LogP contribution >= 0.6 is 34.7 Å². The van der Waals surface area contributed by atoms with Crippen LogP contribution in [0.2, 0.25) is 5.02 Å². The van der Waals surface area contributed by atoms with E-state index >= 15 is 0 Å². The number of aliphatic hydroxyl groups is 1. The minimum Gasteiger partial charge on any atom is -0.507 e. The second-order valence-electron chi connectivity index (χ2n) is 9.71. The summed E-state index contributed by atoms with van der Waals surface area (Å²) in [6.07, 6.45) is 0. The van der Waals surface area contributed by atoms with Crippen LogP contribution in [0.3, 0.4) is 0 Å². The molecule has 0 saturated carbocycles. The minimum absolute atomic E-state index is 0.0847. The fourth-order valence-electron chi connectivity index (χ4n) is 4.82. The van der Waals surface area contributed by atoms with E-state index in [1.54, 1.807) is 18.2 Å². The zero-order chi connectivity index (χ0) is 30.8. The summed E-state index contributed by atoms with van der Waals surface area (Å²) in [7, 11) is 4.43. The average Bonchev–Trinajstić information content (AvgIpc) is 3.58. The summed E-state index contributed by atoms with van der Waals surface area (Å²) in [5.74, 6) is -0.372. The number of Topliss-reactive ketones (excluding diaryl/α,β-unsaturated/α-hetero) is 1. The zero-order valence-corrected chi connectivity index (χ0v) is 26.4. The van der Waals surface area contributed by atoms with Gasteiger partial charge < -0.3 is 19.3 Å². The lowest BCUT2D eigenvalue weighted by Gasteiger charge is -2.24. The standard InChI is InChI=1S/C31H28ClN3O6S2/c1-16-6-7-17(2)21(12-16)26(36)24-25(19-13-22(39-3)28(41-5)23(14-19)40-4)35(29(38)27(24)37)30-33-34-31(43-30)42-15-18-8-10-20(32)11-9-18/h6-14,25,36H,15H2,1-5H3. The third-order valence-electron chi connectivity index (χ3n) is 6.97. The van der Waals surface area contributed by atoms with Gasteiger partial charge in [0.15, 0.2) is 15.8 Å². The molecule has 1 unspecified atom stereocenters. The zero-order valence-electron chi connectivity index (χ0n) is 24.0. The predicted octanol–water partition coefficient (Wildman–Crippen LogP) is 6.75. The number of aromatic nitrogens is 2. The third-order valence-corrected chi connectivity index (χ3v) is 9.35. The van der Waals surface area contributed by atoms with Gasteiger partial charge in [0.25, 0.3) is 5.78 Å². The number of amides is 1. The number of rotatable bonds is 9. The van der Waals surface area contributed by atoms with Gasteiger partial charge in [0.2, 0.25) is 10.9 Å². The Morgan fingerprint density at radius 3 is 2.28 bits per heavy atom. The first kappa shape index (κ1) is 30.4. The molecule has 43 heavy (non-hydrogen) atoms. The number of halogens is 1. The molecule has 2 heterocycles. The smallest absolute Gasteiger partial charge is 0.301 e. The lowest BCUT2D eigenvalue weighted by Crippen LogP contribution is -2.29. The summed E-state index contributed by atoms with van der Waals surface area (Å²) >= 11 is 8.62. The van der Waals surface area contributed by atoms with Gasteiger partial charge in [-0.3, -0.25) is 14.5 Å². The molecule has 1 N–H and O–H groups in total. The highest BCUT2D eigenvalue weighted by Gasteiger charge is 2.49. The number of aryl methyl sites for hydroxylation is 2. The Hall–Kier alpha value is -4.06. The van der Waals surface area contributed by atoms with Gasteiger partial charge >= 0.3 is 5.91 Å². The Balaban J connectivity index is 1.64. The molecule has 1 atom stereocenters. The number of ether oxygens (including phenoxy) is 3. The number of carbonyl (C=O) groups excluding carboxylic acids is 2. The van der Waals surface area contributed by atoms with Gasteiger partial charge in [0.1, 0.15) is 5.76 Å². The highest BCUT2D eigenvalue weighted by Crippen LogP contribution is 2.48. The number of hydrogen-bond donors (Lipinski definition) is 1. The Bertz CT molecular complexity index is 1710. The maximum atomic E-state index is 13.7. The van der Waals surface area contributed by atoms with E-state index in [-0.39, 0.29) is 16.5 Å². The summed E-state index contributed by atoms with van der Waals surface area (Å²) in [6.45, 7) is 3.71. The monoisotopic (exact) mass is 637 g/mol. The molecule has 0 spiro atoms. The van der Waals surface area contributed by atoms with Crippen molar-refractivity contribution < 1.29 is 28.9 Å². The van der Waals surface area contributed by atoms with Crippen LogP contribution in [0.5, 0.6) is 17.2 Å². The summed E-state index contributed by atoms with van der Waals surface area (Å²) in [4.78, 5) is 28.7. The topological polar surface area (TPSA) is 111 Å². The molecular formula is C31H28ClN3O6S2. The van der Waals surface area contributed by atoms with E-state index in [9.17, 15) is 14.7 Å². The third kappa shape index (κ3) is 5.93. The molecular weight excluding hydrogens is 610 g/mol. The van der Waals surface area contributed by atoms with Crippen LogP contribution in [0.15, 0.2) is 64.5 Å². The molecule has 1 aliphatic rings. The number of nitrogens with zero attached hydrogens (tertiary/aromatic N) is 3. The van der Waals surface area contributed by atoms with Gasteiger partial charge in [-0.1, -0.05) is 64.5 Å². The van der Waals surface area contributed by atoms with Gasteiger partial charge in [0, 0.05) is 16.3 Å². The van der Waals surface area contributed by atoms with Gasteiger partial charge in [-0.25, -0.2) is 0 Å². The number of carbonyl (C=O) groups is 2. The maximum absolute atomic E-state index is 13.7. The second-order valence-corrected chi connectivity index (χ2v) is 12.3. The van der Waals surface area contributed by atoms with Crippen LogP contribution < -0.4 is 19.1 Å². The summed E-state index contributed by atoms with van der Waals surface area (Å²) < 4.78 is 17.2. The molecule has 9 nitrogen and oxygen atoms in total. The van der Waals surface area contributed by atoms with Crippen molar-refractivity contribution >= 4 is 57.3 Å². The molecule has 1 aliphatic heterocycles. The highest BCUT2D eigenvalue weighted by molar-refractivity contribution is 8.00. The molecule has 1 saturated heterocycles. The van der Waals surface area contributed by atoms with Crippen molar-refractivity contribution in [3.63, 3.8) is 0 Å². The van der Waals surface area contributed by atoms with E-state index in [1.807, 2.05) is 50.2 Å². The summed E-state index contributed by atoms with van der Waals surface area (Å²) in [6, 6.07) is 15.3. The van der Waals surface area contributed by atoms with Crippen LogP contribution in [0.1, 0.15) is 33.9 Å². The first-order chi connectivity index (χ1) is 20.7. The normalized spacial score (nSPS) is 16.0. The fourth-order valence-corrected chi connectivity index (χ4v) is 6.77. The number of ketones is 1. The second kappa shape index (κ2) is 12.7. The van der Waals surface area contributed by atoms with Gasteiger partial charge in [-0.2, -0.15) is 0 Å². The number of anilines is 1. The maximum Gasteiger partial charge on any atom is 0.301 e. The molecule has 5 rings (SSSR count). The molecule has 1 fully saturated rings. The lowest BCUT2D eigenvalue weighted by atomic mass is 9.93. The quantitative estimate of drug-likeness (QED) is 0.0700. The van der Waals surface area contributed by atoms with Gasteiger partial charge in [-0.15, -0.1) is 10.2 Å². The van der Waals surface area contributed by atoms with Crippen molar-refractivity contribution in [1.82, 2.24) is 10.2 Å². The molecule has 4 aromatic rings. The van der Waals surface area contributed by atoms with Crippen molar-refractivity contribution in [2.75, 3.05) is 26.2 Å². The van der Waals surface area contributed by atoms with Crippen molar-refractivity contribution in [2.24, 2.45) is 0 Å². The van der Waals surface area contributed by atoms with E-state index in [1.165, 1.54) is 49.3 Å². The molecule has 12 heteroatoms.